The van der Waals surface area contributed by atoms with Crippen LogP contribution in [-0.4, -0.2) is 31.4 Å². The lowest BCUT2D eigenvalue weighted by Crippen LogP contribution is -2.20. The van der Waals surface area contributed by atoms with E-state index < -0.39 is 0 Å². The first-order chi connectivity index (χ1) is 7.56. The summed E-state index contributed by atoms with van der Waals surface area (Å²) in [6.45, 7) is 2.50. The van der Waals surface area contributed by atoms with Crippen molar-refractivity contribution >= 4 is 28.9 Å². The Labute approximate surface area is 101 Å². The van der Waals surface area contributed by atoms with Crippen LogP contribution in [0.25, 0.3) is 0 Å². The molecule has 0 saturated heterocycles. The maximum atomic E-state index is 11.2. The van der Waals surface area contributed by atoms with Crippen LogP contribution in [0.5, 0.6) is 0 Å². The predicted octanol–water partition coefficient (Wildman–Crippen LogP) is 2.27. The number of benzene rings is 1. The van der Waals surface area contributed by atoms with Crippen LogP contribution in [0, 0.1) is 0 Å². The molecular weight excluding hydrogens is 220 g/mol. The lowest BCUT2D eigenvalue weighted by molar-refractivity contribution is 0.101. The average molecular weight is 238 g/mol. The molecule has 0 unspecified atom stereocenters. The summed E-state index contributed by atoms with van der Waals surface area (Å²) in [6, 6.07) is 5.59. The molecule has 3 nitrogen and oxygen atoms in total. The quantitative estimate of drug-likeness (QED) is 0.631. The molecular formula is C12H18N2OS. The molecule has 0 atom stereocenters. The molecule has 0 aromatic heterocycles. The highest BCUT2D eigenvalue weighted by Crippen LogP contribution is 2.21. The predicted molar refractivity (Wildman–Crippen MR) is 72.5 cm³/mol. The standard InChI is InChI=1S/C12H18N2OS/c1-9(15)11-5-4-10(8-12(11)13)14(2)6-7-16-3/h4-5,8H,6-7,13H2,1-3H3. The summed E-state index contributed by atoms with van der Waals surface area (Å²) in [7, 11) is 2.03. The van der Waals surface area contributed by atoms with E-state index in [-0.39, 0.29) is 5.78 Å². The molecule has 4 heteroatoms. The molecule has 16 heavy (non-hydrogen) atoms. The van der Waals surface area contributed by atoms with Crippen molar-refractivity contribution in [2.24, 2.45) is 0 Å². The molecule has 0 aliphatic carbocycles. The van der Waals surface area contributed by atoms with E-state index in [2.05, 4.69) is 11.2 Å². The van der Waals surface area contributed by atoms with Gasteiger partial charge in [0, 0.05) is 36.3 Å². The number of anilines is 2. The minimum Gasteiger partial charge on any atom is -0.398 e. The Hall–Kier alpha value is -1.16. The van der Waals surface area contributed by atoms with Gasteiger partial charge in [0.1, 0.15) is 0 Å². The lowest BCUT2D eigenvalue weighted by atomic mass is 10.1. The Morgan fingerprint density at radius 1 is 1.50 bits per heavy atom. The molecule has 0 fully saturated rings. The zero-order valence-electron chi connectivity index (χ0n) is 9.99. The molecule has 1 aromatic carbocycles. The third-order valence-electron chi connectivity index (χ3n) is 2.49. The van der Waals surface area contributed by atoms with E-state index in [1.54, 1.807) is 6.07 Å². The molecule has 0 amide bonds. The zero-order valence-corrected chi connectivity index (χ0v) is 10.8. The Balaban J connectivity index is 2.84. The van der Waals surface area contributed by atoms with E-state index in [4.69, 9.17) is 5.73 Å². The van der Waals surface area contributed by atoms with Crippen LogP contribution in [0.4, 0.5) is 11.4 Å². The average Bonchev–Trinajstić information content (AvgIpc) is 2.25. The fourth-order valence-electron chi connectivity index (χ4n) is 1.47. The highest BCUT2D eigenvalue weighted by molar-refractivity contribution is 7.98. The van der Waals surface area contributed by atoms with Gasteiger partial charge in [0.2, 0.25) is 0 Å². The second-order valence-electron chi connectivity index (χ2n) is 3.74. The summed E-state index contributed by atoms with van der Waals surface area (Å²) in [6.07, 6.45) is 2.08. The SMILES string of the molecule is CSCCN(C)c1ccc(C(C)=O)c(N)c1. The normalized spacial score (nSPS) is 10.2. The summed E-state index contributed by atoms with van der Waals surface area (Å²) in [5.41, 5.74) is 8.04. The maximum absolute atomic E-state index is 11.2. The van der Waals surface area contributed by atoms with Gasteiger partial charge in [-0.25, -0.2) is 0 Å². The molecule has 0 spiro atoms. The Bertz CT molecular complexity index is 379. The number of hydrogen-bond donors (Lipinski definition) is 1. The van der Waals surface area contributed by atoms with Crippen LogP contribution >= 0.6 is 11.8 Å². The number of nitrogens with zero attached hydrogens (tertiary/aromatic N) is 1. The van der Waals surface area contributed by atoms with Crippen LogP contribution in [0.15, 0.2) is 18.2 Å². The van der Waals surface area contributed by atoms with Crippen molar-refractivity contribution < 1.29 is 4.79 Å². The Morgan fingerprint density at radius 3 is 2.69 bits per heavy atom. The molecule has 0 saturated carbocycles. The van der Waals surface area contributed by atoms with Gasteiger partial charge in [0.15, 0.2) is 5.78 Å². The van der Waals surface area contributed by atoms with Gasteiger partial charge in [-0.3, -0.25) is 4.79 Å². The van der Waals surface area contributed by atoms with E-state index in [0.29, 0.717) is 11.3 Å². The topological polar surface area (TPSA) is 46.3 Å². The van der Waals surface area contributed by atoms with Gasteiger partial charge in [-0.1, -0.05) is 0 Å². The van der Waals surface area contributed by atoms with E-state index in [9.17, 15) is 4.79 Å². The molecule has 2 N–H and O–H groups in total. The minimum atomic E-state index is 0.0100. The molecule has 0 aliphatic rings. The number of nitrogens with two attached hydrogens (primary N) is 1. The van der Waals surface area contributed by atoms with Crippen molar-refractivity contribution in [3.05, 3.63) is 23.8 Å². The largest absolute Gasteiger partial charge is 0.398 e. The number of Topliss-reactive ketones (excluding diaryl/α,β-unsaturated/α-hetero) is 1. The van der Waals surface area contributed by atoms with Crippen molar-refractivity contribution in [2.45, 2.75) is 6.92 Å². The summed E-state index contributed by atoms with van der Waals surface area (Å²) in [4.78, 5) is 13.4. The van der Waals surface area contributed by atoms with Crippen LogP contribution in [0.2, 0.25) is 0 Å². The molecule has 88 valence electrons. The number of ketones is 1. The Kier molecular flexibility index (Phi) is 4.68. The second-order valence-corrected chi connectivity index (χ2v) is 4.73. The van der Waals surface area contributed by atoms with Gasteiger partial charge < -0.3 is 10.6 Å². The molecule has 0 bridgehead atoms. The number of nitrogen functional groups attached to an aromatic ring is 1. The third kappa shape index (κ3) is 3.17. The zero-order chi connectivity index (χ0) is 12.1. The van der Waals surface area contributed by atoms with E-state index >= 15 is 0 Å². The monoisotopic (exact) mass is 238 g/mol. The van der Waals surface area contributed by atoms with E-state index in [1.807, 2.05) is 30.9 Å². The van der Waals surface area contributed by atoms with E-state index in [0.717, 1.165) is 18.0 Å². The fraction of sp³-hybridized carbons (Fsp3) is 0.417. The number of thioether (sulfide) groups is 1. The van der Waals surface area contributed by atoms with Gasteiger partial charge in [0.25, 0.3) is 0 Å². The third-order valence-corrected chi connectivity index (χ3v) is 3.08. The van der Waals surface area contributed by atoms with Gasteiger partial charge >= 0.3 is 0 Å². The van der Waals surface area contributed by atoms with Crippen LogP contribution in [-0.2, 0) is 0 Å². The molecule has 1 rings (SSSR count). The summed E-state index contributed by atoms with van der Waals surface area (Å²) in [5, 5.41) is 0. The summed E-state index contributed by atoms with van der Waals surface area (Å²) < 4.78 is 0. The molecule has 0 radical (unpaired) electrons. The van der Waals surface area contributed by atoms with Crippen molar-refractivity contribution in [1.82, 2.24) is 0 Å². The molecule has 0 aliphatic heterocycles. The van der Waals surface area contributed by atoms with Crippen molar-refractivity contribution in [2.75, 3.05) is 36.2 Å². The fourth-order valence-corrected chi connectivity index (χ4v) is 1.92. The number of hydrogen-bond acceptors (Lipinski definition) is 4. The maximum Gasteiger partial charge on any atom is 0.161 e. The number of carbonyl (C=O) groups excluding carboxylic acids is 1. The highest BCUT2D eigenvalue weighted by Gasteiger charge is 2.07. The van der Waals surface area contributed by atoms with Crippen LogP contribution in [0.1, 0.15) is 17.3 Å². The van der Waals surface area contributed by atoms with E-state index in [1.165, 1.54) is 6.92 Å². The van der Waals surface area contributed by atoms with Crippen molar-refractivity contribution in [3.8, 4) is 0 Å². The second kappa shape index (κ2) is 5.80. The lowest BCUT2D eigenvalue weighted by Gasteiger charge is -2.19. The number of carbonyl (C=O) groups is 1. The smallest absolute Gasteiger partial charge is 0.161 e. The first-order valence-electron chi connectivity index (χ1n) is 5.16. The van der Waals surface area contributed by atoms with Crippen LogP contribution in [0.3, 0.4) is 0 Å². The summed E-state index contributed by atoms with van der Waals surface area (Å²) >= 11 is 1.81. The minimum absolute atomic E-state index is 0.0100. The molecule has 0 heterocycles. The van der Waals surface area contributed by atoms with Gasteiger partial charge in [-0.15, -0.1) is 0 Å². The first kappa shape index (κ1) is 12.9. The Morgan fingerprint density at radius 2 is 2.19 bits per heavy atom. The highest BCUT2D eigenvalue weighted by atomic mass is 32.2. The van der Waals surface area contributed by atoms with Crippen LogP contribution < -0.4 is 10.6 Å². The number of rotatable bonds is 5. The summed E-state index contributed by atoms with van der Waals surface area (Å²) in [5.74, 6) is 1.08. The van der Waals surface area contributed by atoms with Crippen molar-refractivity contribution in [1.29, 1.82) is 0 Å². The van der Waals surface area contributed by atoms with Gasteiger partial charge in [-0.2, -0.15) is 11.8 Å². The first-order valence-corrected chi connectivity index (χ1v) is 6.56. The van der Waals surface area contributed by atoms with Gasteiger partial charge in [0.05, 0.1) is 0 Å². The molecule has 1 aromatic rings. The van der Waals surface area contributed by atoms with Crippen molar-refractivity contribution in [3.63, 3.8) is 0 Å². The van der Waals surface area contributed by atoms with Gasteiger partial charge in [-0.05, 0) is 31.4 Å².